The van der Waals surface area contributed by atoms with Crippen LogP contribution in [0.1, 0.15) is 11.1 Å². The smallest absolute Gasteiger partial charge is 0.422 e. The number of aliphatic imine (C=N–C) groups is 1. The second kappa shape index (κ2) is 11.0. The first-order chi connectivity index (χ1) is 12.3. The predicted molar refractivity (Wildman–Crippen MR) is 109 cm³/mol. The van der Waals surface area contributed by atoms with Crippen LogP contribution in [0.25, 0.3) is 0 Å². The number of halogens is 4. The normalized spacial score (nSPS) is 11.5. The fourth-order valence-corrected chi connectivity index (χ4v) is 2.04. The quantitative estimate of drug-likeness (QED) is 0.377. The zero-order valence-electron chi connectivity index (χ0n) is 15.0. The molecule has 0 amide bonds. The van der Waals surface area contributed by atoms with Gasteiger partial charge >= 0.3 is 6.18 Å². The lowest BCUT2D eigenvalue weighted by Crippen LogP contribution is -2.36. The maximum Gasteiger partial charge on any atom is 0.422 e. The minimum absolute atomic E-state index is 0. The lowest BCUT2D eigenvalue weighted by Gasteiger charge is -2.17. The van der Waals surface area contributed by atoms with E-state index in [4.69, 9.17) is 0 Å². The van der Waals surface area contributed by atoms with Crippen LogP contribution in [-0.2, 0) is 13.1 Å². The number of hydrogen-bond acceptors (Lipinski definition) is 3. The van der Waals surface area contributed by atoms with Gasteiger partial charge < -0.3 is 15.0 Å². The molecule has 0 aliphatic heterocycles. The molecule has 0 radical (unpaired) electrons. The van der Waals surface area contributed by atoms with Gasteiger partial charge in [0.2, 0.25) is 5.88 Å². The Balaban J connectivity index is 0.00000364. The molecule has 1 N–H and O–H groups in total. The Bertz CT molecular complexity index is 707. The number of nitrogens with zero attached hydrogens (tertiary/aromatic N) is 3. The van der Waals surface area contributed by atoms with E-state index in [9.17, 15) is 13.2 Å². The molecule has 148 valence electrons. The summed E-state index contributed by atoms with van der Waals surface area (Å²) in [4.78, 5) is 10.2. The summed E-state index contributed by atoms with van der Waals surface area (Å²) >= 11 is 0. The standard InChI is InChI=1S/C18H21F3N4O.HI/c1-25(2)17(23-10-14-6-4-3-5-7-14)24-12-15-8-9-16(22-11-15)26-13-18(19,20)21;/h3-9,11H,10,12-13H2,1-2H3,(H,23,24);1H. The molecule has 0 saturated carbocycles. The number of hydrogen-bond donors (Lipinski definition) is 1. The minimum Gasteiger partial charge on any atom is -0.468 e. The minimum atomic E-state index is -4.38. The molecule has 27 heavy (non-hydrogen) atoms. The van der Waals surface area contributed by atoms with Gasteiger partial charge in [0.15, 0.2) is 12.6 Å². The van der Waals surface area contributed by atoms with Crippen molar-refractivity contribution in [2.45, 2.75) is 19.3 Å². The van der Waals surface area contributed by atoms with Gasteiger partial charge in [0, 0.05) is 32.9 Å². The fourth-order valence-electron chi connectivity index (χ4n) is 2.04. The molecule has 0 saturated heterocycles. The summed E-state index contributed by atoms with van der Waals surface area (Å²) in [7, 11) is 3.76. The molecule has 0 bridgehead atoms. The highest BCUT2D eigenvalue weighted by Gasteiger charge is 2.28. The third kappa shape index (κ3) is 8.94. The molecule has 0 spiro atoms. The summed E-state index contributed by atoms with van der Waals surface area (Å²) in [6.07, 6.45) is -2.92. The second-order valence-corrected chi connectivity index (χ2v) is 5.78. The fraction of sp³-hybridized carbons (Fsp3) is 0.333. The number of nitrogens with one attached hydrogen (secondary N) is 1. The molecule has 1 aromatic heterocycles. The van der Waals surface area contributed by atoms with Gasteiger partial charge in [-0.15, -0.1) is 24.0 Å². The molecular formula is C18H22F3IN4O. The van der Waals surface area contributed by atoms with Gasteiger partial charge in [-0.1, -0.05) is 36.4 Å². The van der Waals surface area contributed by atoms with Gasteiger partial charge in [-0.05, 0) is 11.1 Å². The molecule has 0 atom stereocenters. The zero-order valence-corrected chi connectivity index (χ0v) is 17.4. The number of alkyl halides is 3. The first kappa shape index (κ1) is 23.0. The number of benzene rings is 1. The van der Waals surface area contributed by atoms with Crippen molar-refractivity contribution in [3.8, 4) is 5.88 Å². The molecule has 2 rings (SSSR count). The maximum atomic E-state index is 12.1. The first-order valence-electron chi connectivity index (χ1n) is 7.97. The summed E-state index contributed by atoms with van der Waals surface area (Å²) in [5.41, 5.74) is 1.90. The topological polar surface area (TPSA) is 49.8 Å². The van der Waals surface area contributed by atoms with Gasteiger partial charge in [-0.25, -0.2) is 9.98 Å². The van der Waals surface area contributed by atoms with Crippen molar-refractivity contribution in [2.75, 3.05) is 20.7 Å². The molecular weight excluding hydrogens is 472 g/mol. The Labute approximate surface area is 173 Å². The van der Waals surface area contributed by atoms with Crippen molar-refractivity contribution in [3.63, 3.8) is 0 Å². The Hall–Kier alpha value is -2.04. The van der Waals surface area contributed by atoms with Crippen molar-refractivity contribution < 1.29 is 17.9 Å². The van der Waals surface area contributed by atoms with Crippen molar-refractivity contribution in [1.29, 1.82) is 0 Å². The van der Waals surface area contributed by atoms with Crippen LogP contribution in [0.2, 0.25) is 0 Å². The Kier molecular flexibility index (Phi) is 9.33. The van der Waals surface area contributed by atoms with Crippen LogP contribution in [-0.4, -0.2) is 42.7 Å². The van der Waals surface area contributed by atoms with E-state index in [2.05, 4.69) is 20.0 Å². The highest BCUT2D eigenvalue weighted by atomic mass is 127. The Morgan fingerprint density at radius 1 is 1.11 bits per heavy atom. The third-order valence-electron chi connectivity index (χ3n) is 3.31. The summed E-state index contributed by atoms with van der Waals surface area (Å²) in [5, 5.41) is 3.26. The first-order valence-corrected chi connectivity index (χ1v) is 7.97. The third-order valence-corrected chi connectivity index (χ3v) is 3.31. The molecule has 0 unspecified atom stereocenters. The lowest BCUT2D eigenvalue weighted by atomic mass is 10.2. The average Bonchev–Trinajstić information content (AvgIpc) is 2.61. The van der Waals surface area contributed by atoms with Crippen molar-refractivity contribution in [3.05, 3.63) is 59.8 Å². The van der Waals surface area contributed by atoms with E-state index in [0.717, 1.165) is 11.1 Å². The van der Waals surface area contributed by atoms with E-state index in [1.54, 1.807) is 6.07 Å². The van der Waals surface area contributed by atoms with E-state index in [0.29, 0.717) is 19.0 Å². The van der Waals surface area contributed by atoms with Gasteiger partial charge in [-0.3, -0.25) is 0 Å². The van der Waals surface area contributed by atoms with Gasteiger partial charge in [0.05, 0.1) is 6.54 Å². The molecule has 5 nitrogen and oxygen atoms in total. The van der Waals surface area contributed by atoms with Crippen LogP contribution in [0.4, 0.5) is 13.2 Å². The molecule has 0 fully saturated rings. The number of guanidine groups is 1. The monoisotopic (exact) mass is 494 g/mol. The van der Waals surface area contributed by atoms with E-state index in [1.165, 1.54) is 12.3 Å². The summed E-state index contributed by atoms with van der Waals surface area (Å²) in [6.45, 7) is -0.367. The molecule has 9 heteroatoms. The van der Waals surface area contributed by atoms with Crippen LogP contribution in [0, 0.1) is 0 Å². The van der Waals surface area contributed by atoms with E-state index in [1.807, 2.05) is 49.3 Å². The van der Waals surface area contributed by atoms with Crippen LogP contribution in [0.5, 0.6) is 5.88 Å². The number of aromatic nitrogens is 1. The van der Waals surface area contributed by atoms with Gasteiger partial charge in [0.25, 0.3) is 0 Å². The summed E-state index contributed by atoms with van der Waals surface area (Å²) in [5.74, 6) is 0.636. The van der Waals surface area contributed by atoms with Crippen molar-refractivity contribution in [2.24, 2.45) is 4.99 Å². The molecule has 0 aliphatic carbocycles. The Morgan fingerprint density at radius 3 is 2.37 bits per heavy atom. The van der Waals surface area contributed by atoms with Gasteiger partial charge in [-0.2, -0.15) is 13.2 Å². The average molecular weight is 494 g/mol. The number of ether oxygens (including phenoxy) is 1. The highest BCUT2D eigenvalue weighted by molar-refractivity contribution is 14.0. The SMILES string of the molecule is CN(C)C(=NCc1ccc(OCC(F)(F)F)nc1)NCc1ccccc1.I. The summed E-state index contributed by atoms with van der Waals surface area (Å²) < 4.78 is 40.9. The number of rotatable bonds is 6. The van der Waals surface area contributed by atoms with E-state index in [-0.39, 0.29) is 29.9 Å². The molecule has 0 aliphatic rings. The molecule has 2 aromatic rings. The van der Waals surface area contributed by atoms with Crippen molar-refractivity contribution >= 4 is 29.9 Å². The summed E-state index contributed by atoms with van der Waals surface area (Å²) in [6, 6.07) is 13.0. The maximum absolute atomic E-state index is 12.1. The second-order valence-electron chi connectivity index (χ2n) is 5.78. The van der Waals surface area contributed by atoms with E-state index >= 15 is 0 Å². The van der Waals surface area contributed by atoms with Gasteiger partial charge in [0.1, 0.15) is 0 Å². The largest absolute Gasteiger partial charge is 0.468 e. The lowest BCUT2D eigenvalue weighted by molar-refractivity contribution is -0.154. The van der Waals surface area contributed by atoms with Crippen LogP contribution in [0.15, 0.2) is 53.7 Å². The van der Waals surface area contributed by atoms with Crippen LogP contribution < -0.4 is 10.1 Å². The Morgan fingerprint density at radius 2 is 1.81 bits per heavy atom. The van der Waals surface area contributed by atoms with E-state index < -0.39 is 12.8 Å². The van der Waals surface area contributed by atoms with Crippen molar-refractivity contribution in [1.82, 2.24) is 15.2 Å². The van der Waals surface area contributed by atoms with Crippen LogP contribution in [0.3, 0.4) is 0 Å². The molecule has 1 heterocycles. The zero-order chi connectivity index (χ0) is 19.0. The van der Waals surface area contributed by atoms with Crippen LogP contribution >= 0.6 is 24.0 Å². The molecule has 1 aromatic carbocycles. The highest BCUT2D eigenvalue weighted by Crippen LogP contribution is 2.17. The number of pyridine rings is 1. The predicted octanol–water partition coefficient (Wildman–Crippen LogP) is 3.85.